The average molecular weight is 405 g/mol. The van der Waals surface area contributed by atoms with Crippen LogP contribution in [0.25, 0.3) is 6.08 Å². The third kappa shape index (κ3) is 3.89. The highest BCUT2D eigenvalue weighted by Crippen LogP contribution is 2.36. The Morgan fingerprint density at radius 3 is 2.13 bits per heavy atom. The zero-order chi connectivity index (χ0) is 22.0. The van der Waals surface area contributed by atoms with Crippen LogP contribution < -0.4 is 4.90 Å². The molecule has 6 nitrogen and oxygen atoms in total. The summed E-state index contributed by atoms with van der Waals surface area (Å²) in [4.78, 5) is 38.3. The zero-order valence-electron chi connectivity index (χ0n) is 17.3. The topological polar surface area (TPSA) is 83.9 Å². The lowest BCUT2D eigenvalue weighted by Crippen LogP contribution is -2.24. The molecule has 0 saturated heterocycles. The molecule has 3 rings (SSSR count). The smallest absolute Gasteiger partial charge is 0.340 e. The summed E-state index contributed by atoms with van der Waals surface area (Å²) in [6.45, 7) is 5.88. The fraction of sp³-hybridized carbons (Fsp3) is 0.208. The summed E-state index contributed by atoms with van der Waals surface area (Å²) >= 11 is 0. The van der Waals surface area contributed by atoms with Crippen molar-refractivity contribution < 1.29 is 24.2 Å². The van der Waals surface area contributed by atoms with Crippen molar-refractivity contribution in [2.45, 2.75) is 26.7 Å². The van der Waals surface area contributed by atoms with E-state index in [1.807, 2.05) is 24.3 Å². The number of carbonyl (C=O) groups excluding carboxylic acids is 2. The number of rotatable bonds is 5. The lowest BCUT2D eigenvalue weighted by molar-refractivity contribution is -0.136. The zero-order valence-corrected chi connectivity index (χ0v) is 17.3. The van der Waals surface area contributed by atoms with E-state index in [1.165, 1.54) is 24.1 Å². The molecule has 30 heavy (non-hydrogen) atoms. The standard InChI is InChI=1S/C24H23NO5/c1-14(2)17-9-11-19(12-10-17)25-15(3)21(24(29)30-4)20(22(25)26)13-16-5-7-18(8-6-16)23(27)28/h5-14H,1-4H3,(H,27,28)/b20-13-. The van der Waals surface area contributed by atoms with E-state index < -0.39 is 11.9 Å². The van der Waals surface area contributed by atoms with E-state index in [9.17, 15) is 14.4 Å². The third-order valence-corrected chi connectivity index (χ3v) is 5.08. The first-order valence-corrected chi connectivity index (χ1v) is 9.53. The summed E-state index contributed by atoms with van der Waals surface area (Å²) in [5, 5.41) is 9.05. The Morgan fingerprint density at radius 2 is 1.63 bits per heavy atom. The SMILES string of the molecule is COC(=O)C1=C(C)N(c2ccc(C(C)C)cc2)C(=O)/C1=C\c1ccc(C(=O)O)cc1. The molecule has 154 valence electrons. The van der Waals surface area contributed by atoms with Crippen LogP contribution in [0.15, 0.2) is 65.4 Å². The van der Waals surface area contributed by atoms with Crippen molar-refractivity contribution in [3.8, 4) is 0 Å². The third-order valence-electron chi connectivity index (χ3n) is 5.08. The van der Waals surface area contributed by atoms with E-state index in [1.54, 1.807) is 25.1 Å². The lowest BCUT2D eigenvalue weighted by Gasteiger charge is -2.19. The summed E-state index contributed by atoms with van der Waals surface area (Å²) in [7, 11) is 1.27. The molecule has 1 heterocycles. The highest BCUT2D eigenvalue weighted by molar-refractivity contribution is 6.23. The Hall–Kier alpha value is -3.67. The number of benzene rings is 2. The maximum absolute atomic E-state index is 13.3. The average Bonchev–Trinajstić information content (AvgIpc) is 2.97. The van der Waals surface area contributed by atoms with Crippen LogP contribution in [-0.2, 0) is 14.3 Å². The van der Waals surface area contributed by atoms with Crippen LogP contribution in [0.4, 0.5) is 5.69 Å². The first kappa shape index (κ1) is 21.0. The van der Waals surface area contributed by atoms with E-state index in [-0.39, 0.29) is 22.6 Å². The number of carboxylic acid groups (broad SMARTS) is 1. The first-order valence-electron chi connectivity index (χ1n) is 9.53. The quantitative estimate of drug-likeness (QED) is 0.589. The molecular weight excluding hydrogens is 382 g/mol. The fourth-order valence-corrected chi connectivity index (χ4v) is 3.39. The molecule has 1 amide bonds. The summed E-state index contributed by atoms with van der Waals surface area (Å²) < 4.78 is 4.91. The van der Waals surface area contributed by atoms with Gasteiger partial charge in [-0.05, 0) is 54.3 Å². The molecule has 0 fully saturated rings. The number of aromatic carboxylic acids is 1. The number of anilines is 1. The van der Waals surface area contributed by atoms with E-state index in [4.69, 9.17) is 9.84 Å². The van der Waals surface area contributed by atoms with Gasteiger partial charge in [0.25, 0.3) is 5.91 Å². The predicted molar refractivity (Wildman–Crippen MR) is 114 cm³/mol. The van der Waals surface area contributed by atoms with E-state index in [0.29, 0.717) is 22.9 Å². The second-order valence-corrected chi connectivity index (χ2v) is 7.32. The molecule has 0 radical (unpaired) electrons. The Kier molecular flexibility index (Phi) is 5.87. The highest BCUT2D eigenvalue weighted by Gasteiger charge is 2.37. The summed E-state index contributed by atoms with van der Waals surface area (Å²) in [5.41, 5.74) is 3.43. The van der Waals surface area contributed by atoms with E-state index >= 15 is 0 Å². The van der Waals surface area contributed by atoms with Gasteiger partial charge in [-0.15, -0.1) is 0 Å². The van der Waals surface area contributed by atoms with Crippen molar-refractivity contribution >= 4 is 29.6 Å². The van der Waals surface area contributed by atoms with Gasteiger partial charge in [0, 0.05) is 11.4 Å². The van der Waals surface area contributed by atoms with Gasteiger partial charge in [-0.25, -0.2) is 9.59 Å². The number of carboxylic acids is 1. The van der Waals surface area contributed by atoms with Crippen molar-refractivity contribution in [2.24, 2.45) is 0 Å². The van der Waals surface area contributed by atoms with Crippen LogP contribution in [0.2, 0.25) is 0 Å². The molecular formula is C24H23NO5. The summed E-state index contributed by atoms with van der Waals surface area (Å²) in [5.74, 6) is -1.61. The van der Waals surface area contributed by atoms with Crippen LogP contribution >= 0.6 is 0 Å². The van der Waals surface area contributed by atoms with Gasteiger partial charge in [-0.2, -0.15) is 0 Å². The number of hydrogen-bond donors (Lipinski definition) is 1. The molecule has 0 bridgehead atoms. The van der Waals surface area contributed by atoms with Crippen molar-refractivity contribution in [1.82, 2.24) is 0 Å². The molecule has 0 atom stereocenters. The molecule has 0 saturated carbocycles. The molecule has 0 aliphatic carbocycles. The maximum atomic E-state index is 13.3. The molecule has 1 aliphatic rings. The molecule has 2 aromatic rings. The van der Waals surface area contributed by atoms with Crippen LogP contribution in [-0.4, -0.2) is 30.1 Å². The summed E-state index contributed by atoms with van der Waals surface area (Å²) in [6.07, 6.45) is 1.58. The molecule has 0 aromatic heterocycles. The van der Waals surface area contributed by atoms with Crippen molar-refractivity contribution in [2.75, 3.05) is 12.0 Å². The molecule has 0 spiro atoms. The lowest BCUT2D eigenvalue weighted by atomic mass is 10.0. The fourth-order valence-electron chi connectivity index (χ4n) is 3.39. The predicted octanol–water partition coefficient (Wildman–Crippen LogP) is 4.39. The van der Waals surface area contributed by atoms with Crippen molar-refractivity contribution in [3.63, 3.8) is 0 Å². The van der Waals surface area contributed by atoms with Gasteiger partial charge in [0.1, 0.15) is 0 Å². The highest BCUT2D eigenvalue weighted by atomic mass is 16.5. The number of esters is 1. The number of ether oxygens (including phenoxy) is 1. The van der Waals surface area contributed by atoms with Crippen LogP contribution in [0.1, 0.15) is 48.2 Å². The summed E-state index contributed by atoms with van der Waals surface area (Å²) in [6, 6.07) is 13.7. The molecule has 2 aromatic carbocycles. The number of carbonyl (C=O) groups is 3. The van der Waals surface area contributed by atoms with Gasteiger partial charge < -0.3 is 9.84 Å². The second-order valence-electron chi connectivity index (χ2n) is 7.32. The van der Waals surface area contributed by atoms with Crippen LogP contribution in [0.5, 0.6) is 0 Å². The maximum Gasteiger partial charge on any atom is 0.340 e. The van der Waals surface area contributed by atoms with Crippen LogP contribution in [0.3, 0.4) is 0 Å². The number of methoxy groups -OCH3 is 1. The molecule has 6 heteroatoms. The minimum atomic E-state index is -1.03. The largest absolute Gasteiger partial charge is 0.478 e. The van der Waals surface area contributed by atoms with Gasteiger partial charge in [0.2, 0.25) is 0 Å². The number of nitrogens with zero attached hydrogens (tertiary/aromatic N) is 1. The van der Waals surface area contributed by atoms with E-state index in [0.717, 1.165) is 5.56 Å². The Balaban J connectivity index is 2.06. The molecule has 1 N–H and O–H groups in total. The van der Waals surface area contributed by atoms with Gasteiger partial charge in [-0.3, -0.25) is 9.69 Å². The Labute approximate surface area is 175 Å². The van der Waals surface area contributed by atoms with Gasteiger partial charge in [-0.1, -0.05) is 38.1 Å². The van der Waals surface area contributed by atoms with Gasteiger partial charge in [0.05, 0.1) is 23.8 Å². The molecule has 1 aliphatic heterocycles. The Bertz CT molecular complexity index is 1060. The second kappa shape index (κ2) is 8.37. The normalized spacial score (nSPS) is 15.3. The van der Waals surface area contributed by atoms with Crippen molar-refractivity contribution in [1.29, 1.82) is 0 Å². The minimum Gasteiger partial charge on any atom is -0.478 e. The monoisotopic (exact) mass is 405 g/mol. The van der Waals surface area contributed by atoms with Crippen LogP contribution in [0, 0.1) is 0 Å². The first-order chi connectivity index (χ1) is 14.2. The number of amides is 1. The Morgan fingerprint density at radius 1 is 1.03 bits per heavy atom. The number of hydrogen-bond acceptors (Lipinski definition) is 4. The number of allylic oxidation sites excluding steroid dienone is 1. The van der Waals surface area contributed by atoms with Gasteiger partial charge in [0.15, 0.2) is 0 Å². The van der Waals surface area contributed by atoms with E-state index in [2.05, 4.69) is 13.8 Å². The van der Waals surface area contributed by atoms with Gasteiger partial charge >= 0.3 is 11.9 Å². The van der Waals surface area contributed by atoms with Crippen molar-refractivity contribution in [3.05, 3.63) is 82.1 Å². The molecule has 0 unspecified atom stereocenters. The minimum absolute atomic E-state index is 0.140.